The van der Waals surface area contributed by atoms with Gasteiger partial charge in [0.2, 0.25) is 0 Å². The second kappa shape index (κ2) is 5.43. The zero-order chi connectivity index (χ0) is 16.0. The average molecular weight is 326 g/mol. The monoisotopic (exact) mass is 325 g/mol. The van der Waals surface area contributed by atoms with Crippen LogP contribution in [0, 0.1) is 6.92 Å². The van der Waals surface area contributed by atoms with Gasteiger partial charge in [-0.15, -0.1) is 0 Å². The molecule has 0 fully saturated rings. The van der Waals surface area contributed by atoms with Crippen molar-refractivity contribution in [3.05, 3.63) is 64.4 Å². The molecule has 4 heteroatoms. The van der Waals surface area contributed by atoms with Gasteiger partial charge in [0.1, 0.15) is 5.58 Å². The Morgan fingerprint density at radius 2 is 2.04 bits per heavy atom. The lowest BCUT2D eigenvalue weighted by atomic mass is 10.0. The van der Waals surface area contributed by atoms with Crippen molar-refractivity contribution in [3.8, 4) is 0 Å². The highest BCUT2D eigenvalue weighted by Crippen LogP contribution is 2.32. The second-order valence-corrected chi connectivity index (χ2v) is 6.32. The van der Waals surface area contributed by atoms with E-state index in [1.54, 1.807) is 6.07 Å². The summed E-state index contributed by atoms with van der Waals surface area (Å²) in [6.07, 6.45) is 1.97. The normalized spacial score (nSPS) is 14.1. The van der Waals surface area contributed by atoms with Gasteiger partial charge in [0.25, 0.3) is 5.91 Å². The molecule has 2 heterocycles. The molecule has 0 atom stereocenters. The number of carbonyl (C=O) groups excluding carboxylic acids is 1. The zero-order valence-electron chi connectivity index (χ0n) is 12.8. The molecule has 0 spiro atoms. The number of hydrogen-bond donors (Lipinski definition) is 0. The maximum Gasteiger partial charge on any atom is 0.294 e. The first-order valence-corrected chi connectivity index (χ1v) is 8.11. The van der Waals surface area contributed by atoms with Crippen LogP contribution in [0.3, 0.4) is 0 Å². The van der Waals surface area contributed by atoms with Crippen LogP contribution in [-0.2, 0) is 6.42 Å². The Hall–Kier alpha value is -2.26. The molecule has 2 aromatic carbocycles. The average Bonchev–Trinajstić information content (AvgIpc) is 2.90. The lowest BCUT2D eigenvalue weighted by molar-refractivity contribution is 0.0959. The first kappa shape index (κ1) is 14.3. The Bertz CT molecular complexity index is 913. The summed E-state index contributed by atoms with van der Waals surface area (Å²) >= 11 is 6.06. The number of carbonyl (C=O) groups is 1. The van der Waals surface area contributed by atoms with E-state index in [0.29, 0.717) is 22.9 Å². The van der Waals surface area contributed by atoms with E-state index in [1.807, 2.05) is 42.2 Å². The number of rotatable bonds is 1. The fourth-order valence-corrected chi connectivity index (χ4v) is 3.44. The van der Waals surface area contributed by atoms with Crippen LogP contribution in [0.15, 0.2) is 46.9 Å². The maximum absolute atomic E-state index is 13.0. The topological polar surface area (TPSA) is 33.5 Å². The van der Waals surface area contributed by atoms with E-state index in [-0.39, 0.29) is 5.91 Å². The van der Waals surface area contributed by atoms with Gasteiger partial charge in [-0.25, -0.2) is 0 Å². The minimum Gasteiger partial charge on any atom is -0.451 e. The number of anilines is 1. The van der Waals surface area contributed by atoms with Gasteiger partial charge < -0.3 is 9.32 Å². The number of nitrogens with zero attached hydrogens (tertiary/aromatic N) is 1. The van der Waals surface area contributed by atoms with Crippen molar-refractivity contribution in [1.29, 1.82) is 0 Å². The van der Waals surface area contributed by atoms with Crippen LogP contribution in [0.4, 0.5) is 5.69 Å². The number of aryl methyl sites for hydroxylation is 2. The van der Waals surface area contributed by atoms with Crippen LogP contribution < -0.4 is 4.90 Å². The summed E-state index contributed by atoms with van der Waals surface area (Å²) in [6.45, 7) is 2.62. The van der Waals surface area contributed by atoms with Crippen LogP contribution in [0.2, 0.25) is 5.02 Å². The Morgan fingerprint density at radius 1 is 1.22 bits per heavy atom. The largest absolute Gasteiger partial charge is 0.451 e. The summed E-state index contributed by atoms with van der Waals surface area (Å²) in [4.78, 5) is 14.9. The summed E-state index contributed by atoms with van der Waals surface area (Å²) in [5.74, 6) is 0.320. The van der Waals surface area contributed by atoms with Crippen LogP contribution in [0.1, 0.15) is 28.1 Å². The highest BCUT2D eigenvalue weighted by atomic mass is 35.5. The molecule has 0 bridgehead atoms. The predicted octanol–water partition coefficient (Wildman–Crippen LogP) is 4.99. The molecule has 0 saturated heterocycles. The minimum absolute atomic E-state index is 0.0815. The highest BCUT2D eigenvalue weighted by Gasteiger charge is 2.27. The number of benzene rings is 2. The molecule has 1 amide bonds. The molecule has 3 nitrogen and oxygen atoms in total. The predicted molar refractivity (Wildman–Crippen MR) is 92.4 cm³/mol. The van der Waals surface area contributed by atoms with E-state index in [1.165, 1.54) is 5.56 Å². The molecule has 1 aromatic heterocycles. The maximum atomic E-state index is 13.0. The van der Waals surface area contributed by atoms with Gasteiger partial charge in [0, 0.05) is 28.2 Å². The van der Waals surface area contributed by atoms with Gasteiger partial charge in [-0.3, -0.25) is 4.79 Å². The SMILES string of the molecule is Cc1c(C(=O)N2CCCc3ccccc32)oc2ccc(Cl)cc12. The molecule has 3 aromatic rings. The van der Waals surface area contributed by atoms with Gasteiger partial charge in [-0.2, -0.15) is 0 Å². The number of halogens is 1. The number of fused-ring (bicyclic) bond motifs is 2. The molecule has 0 aliphatic carbocycles. The number of amides is 1. The van der Waals surface area contributed by atoms with Gasteiger partial charge in [-0.1, -0.05) is 29.8 Å². The summed E-state index contributed by atoms with van der Waals surface area (Å²) in [5, 5.41) is 1.54. The van der Waals surface area contributed by atoms with Crippen LogP contribution in [-0.4, -0.2) is 12.5 Å². The van der Waals surface area contributed by atoms with Crippen molar-refractivity contribution in [2.75, 3.05) is 11.4 Å². The summed E-state index contributed by atoms with van der Waals surface area (Å²) in [5.41, 5.74) is 3.74. The Labute approximate surface area is 139 Å². The standard InChI is InChI=1S/C19H16ClNO2/c1-12-15-11-14(20)8-9-17(15)23-18(12)19(22)21-10-4-6-13-5-2-3-7-16(13)21/h2-3,5,7-9,11H,4,6,10H2,1H3. The smallest absolute Gasteiger partial charge is 0.294 e. The molecule has 0 saturated carbocycles. The van der Waals surface area contributed by atoms with Gasteiger partial charge in [0.05, 0.1) is 0 Å². The van der Waals surface area contributed by atoms with Crippen molar-refractivity contribution in [1.82, 2.24) is 0 Å². The molecule has 4 rings (SSSR count). The van der Waals surface area contributed by atoms with E-state index < -0.39 is 0 Å². The molecule has 0 N–H and O–H groups in total. The van der Waals surface area contributed by atoms with Crippen molar-refractivity contribution >= 4 is 34.2 Å². The molecular formula is C19H16ClNO2. The fourth-order valence-electron chi connectivity index (χ4n) is 3.26. The van der Waals surface area contributed by atoms with Crippen molar-refractivity contribution in [3.63, 3.8) is 0 Å². The lowest BCUT2D eigenvalue weighted by Crippen LogP contribution is -2.35. The van der Waals surface area contributed by atoms with E-state index in [4.69, 9.17) is 16.0 Å². The molecule has 0 unspecified atom stereocenters. The van der Waals surface area contributed by atoms with Crippen molar-refractivity contribution in [2.24, 2.45) is 0 Å². The third-order valence-corrected chi connectivity index (χ3v) is 4.68. The van der Waals surface area contributed by atoms with Crippen LogP contribution in [0.5, 0.6) is 0 Å². The summed E-state index contributed by atoms with van der Waals surface area (Å²) in [6, 6.07) is 13.5. The minimum atomic E-state index is -0.0815. The summed E-state index contributed by atoms with van der Waals surface area (Å²) < 4.78 is 5.83. The van der Waals surface area contributed by atoms with E-state index in [0.717, 1.165) is 29.5 Å². The number of para-hydroxylation sites is 1. The van der Waals surface area contributed by atoms with Crippen LogP contribution >= 0.6 is 11.6 Å². The third-order valence-electron chi connectivity index (χ3n) is 4.45. The van der Waals surface area contributed by atoms with Crippen molar-refractivity contribution in [2.45, 2.75) is 19.8 Å². The Morgan fingerprint density at radius 3 is 2.91 bits per heavy atom. The van der Waals surface area contributed by atoms with Crippen molar-refractivity contribution < 1.29 is 9.21 Å². The zero-order valence-corrected chi connectivity index (χ0v) is 13.6. The first-order valence-electron chi connectivity index (χ1n) is 7.73. The lowest BCUT2D eigenvalue weighted by Gasteiger charge is -2.28. The van der Waals surface area contributed by atoms with Gasteiger partial charge >= 0.3 is 0 Å². The van der Waals surface area contributed by atoms with Gasteiger partial charge in [0.15, 0.2) is 5.76 Å². The fraction of sp³-hybridized carbons (Fsp3) is 0.211. The molecular weight excluding hydrogens is 310 g/mol. The highest BCUT2D eigenvalue weighted by molar-refractivity contribution is 6.31. The van der Waals surface area contributed by atoms with E-state index in [9.17, 15) is 4.79 Å². The van der Waals surface area contributed by atoms with Gasteiger partial charge in [-0.05, 0) is 49.6 Å². The third kappa shape index (κ3) is 2.32. The second-order valence-electron chi connectivity index (χ2n) is 5.89. The van der Waals surface area contributed by atoms with E-state index in [2.05, 4.69) is 6.07 Å². The summed E-state index contributed by atoms with van der Waals surface area (Å²) in [7, 11) is 0. The Kier molecular flexibility index (Phi) is 3.38. The van der Waals surface area contributed by atoms with E-state index >= 15 is 0 Å². The Balaban J connectivity index is 1.80. The molecule has 23 heavy (non-hydrogen) atoms. The number of hydrogen-bond acceptors (Lipinski definition) is 2. The molecule has 1 aliphatic heterocycles. The van der Waals surface area contributed by atoms with Crippen LogP contribution in [0.25, 0.3) is 11.0 Å². The quantitative estimate of drug-likeness (QED) is 0.631. The molecule has 0 radical (unpaired) electrons. The first-order chi connectivity index (χ1) is 11.1. The molecule has 116 valence electrons. The number of furan rings is 1. The molecule has 1 aliphatic rings.